The highest BCUT2D eigenvalue weighted by Crippen LogP contribution is 2.29. The zero-order valence-corrected chi connectivity index (χ0v) is 14.4. The molecule has 0 aromatic heterocycles. The number of nitrogens with one attached hydrogen (secondary N) is 1. The summed E-state index contributed by atoms with van der Waals surface area (Å²) in [7, 11) is 0. The van der Waals surface area contributed by atoms with Crippen molar-refractivity contribution in [1.29, 1.82) is 5.26 Å². The van der Waals surface area contributed by atoms with Gasteiger partial charge in [-0.15, -0.1) is 0 Å². The molecule has 2 rings (SSSR count). The van der Waals surface area contributed by atoms with Gasteiger partial charge in [0.05, 0.1) is 11.3 Å². The van der Waals surface area contributed by atoms with Gasteiger partial charge in [0, 0.05) is 18.2 Å². The van der Waals surface area contributed by atoms with Crippen molar-refractivity contribution in [3.05, 3.63) is 54.5 Å². The summed E-state index contributed by atoms with van der Waals surface area (Å²) >= 11 is 9.09. The molecule has 18 heavy (non-hydrogen) atoms. The lowest BCUT2D eigenvalue weighted by Crippen LogP contribution is -1.94. The molecule has 0 radical (unpaired) electrons. The summed E-state index contributed by atoms with van der Waals surface area (Å²) in [6, 6.07) is 13.8. The molecule has 90 valence electrons. The zero-order chi connectivity index (χ0) is 13.1. The third-order valence-corrected chi connectivity index (χ3v) is 5.31. The Morgan fingerprint density at radius 3 is 2.56 bits per heavy atom. The Kier molecular flexibility index (Phi) is 4.65. The molecule has 0 heterocycles. The van der Waals surface area contributed by atoms with Gasteiger partial charge in [-0.25, -0.2) is 0 Å². The highest BCUT2D eigenvalue weighted by atomic mass is 127. The fourth-order valence-corrected chi connectivity index (χ4v) is 2.69. The Morgan fingerprint density at radius 1 is 1.11 bits per heavy atom. The summed E-state index contributed by atoms with van der Waals surface area (Å²) in [4.78, 5) is 0. The van der Waals surface area contributed by atoms with Gasteiger partial charge >= 0.3 is 0 Å². The number of hydrogen-bond donors (Lipinski definition) is 1. The maximum Gasteiger partial charge on any atom is 0.103 e. The molecule has 2 aromatic rings. The number of nitriles is 1. The highest BCUT2D eigenvalue weighted by molar-refractivity contribution is 14.1. The van der Waals surface area contributed by atoms with E-state index in [1.165, 1.54) is 0 Å². The van der Waals surface area contributed by atoms with Gasteiger partial charge in [-0.2, -0.15) is 5.26 Å². The molecule has 0 saturated carbocycles. The number of benzene rings is 2. The molecule has 0 amide bonds. The lowest BCUT2D eigenvalue weighted by Gasteiger charge is -2.10. The van der Waals surface area contributed by atoms with Crippen LogP contribution in [0.5, 0.6) is 0 Å². The van der Waals surface area contributed by atoms with E-state index < -0.39 is 0 Å². The van der Waals surface area contributed by atoms with Crippen LogP contribution >= 0.6 is 54.5 Å². The van der Waals surface area contributed by atoms with E-state index in [9.17, 15) is 0 Å². The molecule has 0 spiro atoms. The van der Waals surface area contributed by atoms with Crippen LogP contribution < -0.4 is 5.32 Å². The van der Waals surface area contributed by atoms with Gasteiger partial charge in [0.2, 0.25) is 0 Å². The third kappa shape index (κ3) is 3.05. The molecule has 2 aromatic carbocycles. The number of nitrogens with zero attached hydrogens (tertiary/aromatic N) is 1. The van der Waals surface area contributed by atoms with E-state index in [1.54, 1.807) is 0 Å². The smallest absolute Gasteiger partial charge is 0.103 e. The molecule has 0 aliphatic rings. The minimum absolute atomic E-state index is 0.607. The number of hydrogen-bond acceptors (Lipinski definition) is 2. The van der Waals surface area contributed by atoms with Crippen molar-refractivity contribution in [2.24, 2.45) is 0 Å². The van der Waals surface area contributed by atoms with E-state index in [0.717, 1.165) is 23.9 Å². The van der Waals surface area contributed by atoms with Crippen molar-refractivity contribution >= 4 is 65.8 Å². The van der Waals surface area contributed by atoms with E-state index in [1.807, 2.05) is 36.4 Å². The second kappa shape index (κ2) is 6.04. The maximum atomic E-state index is 9.15. The first-order valence-corrected chi connectivity index (χ1v) is 7.69. The molecule has 1 N–H and O–H groups in total. The largest absolute Gasteiger partial charge is 0.354 e. The van der Waals surface area contributed by atoms with E-state index in [2.05, 4.69) is 65.8 Å². The number of rotatable bonds is 2. The molecule has 5 heteroatoms. The lowest BCUT2D eigenvalue weighted by atomic mass is 10.2. The summed E-state index contributed by atoms with van der Waals surface area (Å²) < 4.78 is 2.97. The predicted molar refractivity (Wildman–Crippen MR) is 89.0 cm³/mol. The lowest BCUT2D eigenvalue weighted by molar-refractivity contribution is 1.44. The van der Waals surface area contributed by atoms with E-state index in [-0.39, 0.29) is 0 Å². The minimum atomic E-state index is 0.607. The average Bonchev–Trinajstić information content (AvgIpc) is 2.34. The molecular formula is C13H7Br2IN2. The third-order valence-electron chi connectivity index (χ3n) is 2.32. The zero-order valence-electron chi connectivity index (χ0n) is 9.05. The quantitative estimate of drug-likeness (QED) is 0.585. The van der Waals surface area contributed by atoms with Crippen molar-refractivity contribution < 1.29 is 0 Å². The first-order chi connectivity index (χ1) is 8.61. The highest BCUT2D eigenvalue weighted by Gasteiger charge is 2.06. The number of halogens is 3. The van der Waals surface area contributed by atoms with E-state index >= 15 is 0 Å². The summed E-state index contributed by atoms with van der Waals surface area (Å²) in [5.74, 6) is 0. The van der Waals surface area contributed by atoms with E-state index in [4.69, 9.17) is 5.26 Å². The fourth-order valence-electron chi connectivity index (χ4n) is 1.47. The van der Waals surface area contributed by atoms with Gasteiger partial charge in [-0.3, -0.25) is 0 Å². The Bertz CT molecular complexity index is 635. The van der Waals surface area contributed by atoms with Gasteiger partial charge in [0.25, 0.3) is 0 Å². The Balaban J connectivity index is 2.37. The first kappa shape index (κ1) is 13.8. The van der Waals surface area contributed by atoms with Crippen molar-refractivity contribution in [1.82, 2.24) is 0 Å². The van der Waals surface area contributed by atoms with Crippen LogP contribution in [0.4, 0.5) is 11.4 Å². The molecule has 2 nitrogen and oxygen atoms in total. The topological polar surface area (TPSA) is 35.8 Å². The molecular weight excluding hydrogens is 471 g/mol. The second-order valence-corrected chi connectivity index (χ2v) is 6.40. The van der Waals surface area contributed by atoms with Gasteiger partial charge in [-0.05, 0) is 84.8 Å². The molecule has 0 saturated heterocycles. The standard InChI is InChI=1S/C13H7Br2IN2/c14-10-2-1-3-13(9(10)7-17)18-8-4-5-11(15)12(16)6-8/h1-6,18H. The van der Waals surface area contributed by atoms with Gasteiger partial charge in [0.15, 0.2) is 0 Å². The number of anilines is 2. The Labute approximate surface area is 136 Å². The molecule has 0 bridgehead atoms. The second-order valence-electron chi connectivity index (χ2n) is 3.53. The van der Waals surface area contributed by atoms with E-state index in [0.29, 0.717) is 5.56 Å². The monoisotopic (exact) mass is 476 g/mol. The first-order valence-electron chi connectivity index (χ1n) is 5.02. The molecule has 0 aliphatic heterocycles. The van der Waals surface area contributed by atoms with Crippen LogP contribution in [0.15, 0.2) is 45.3 Å². The summed E-state index contributed by atoms with van der Waals surface area (Å²) in [5, 5.41) is 12.4. The van der Waals surface area contributed by atoms with Crippen LogP contribution in [0.3, 0.4) is 0 Å². The molecule has 0 atom stereocenters. The predicted octanol–water partition coefficient (Wildman–Crippen LogP) is 5.43. The minimum Gasteiger partial charge on any atom is -0.354 e. The fraction of sp³-hybridized carbons (Fsp3) is 0. The van der Waals surface area contributed by atoms with Crippen molar-refractivity contribution in [3.8, 4) is 6.07 Å². The molecule has 0 unspecified atom stereocenters. The summed E-state index contributed by atoms with van der Waals surface area (Å²) in [6.45, 7) is 0. The molecule has 0 fully saturated rings. The maximum absolute atomic E-state index is 9.15. The average molecular weight is 478 g/mol. The SMILES string of the molecule is N#Cc1c(Br)cccc1Nc1ccc(Br)c(I)c1. The Hall–Kier alpha value is -0.580. The van der Waals surface area contributed by atoms with Crippen molar-refractivity contribution in [2.75, 3.05) is 5.32 Å². The summed E-state index contributed by atoms with van der Waals surface area (Å²) in [6.07, 6.45) is 0. The Morgan fingerprint density at radius 2 is 1.89 bits per heavy atom. The van der Waals surface area contributed by atoms with Crippen molar-refractivity contribution in [2.45, 2.75) is 0 Å². The van der Waals surface area contributed by atoms with Crippen LogP contribution in [0.1, 0.15) is 5.56 Å². The summed E-state index contributed by atoms with van der Waals surface area (Å²) in [5.41, 5.74) is 2.36. The van der Waals surface area contributed by atoms with Crippen molar-refractivity contribution in [3.63, 3.8) is 0 Å². The van der Waals surface area contributed by atoms with Crippen LogP contribution in [-0.4, -0.2) is 0 Å². The van der Waals surface area contributed by atoms with Gasteiger partial charge in [0.1, 0.15) is 6.07 Å². The van der Waals surface area contributed by atoms with Gasteiger partial charge in [-0.1, -0.05) is 6.07 Å². The van der Waals surface area contributed by atoms with Crippen LogP contribution in [0.2, 0.25) is 0 Å². The molecule has 0 aliphatic carbocycles. The normalized spacial score (nSPS) is 9.89. The van der Waals surface area contributed by atoms with Crippen LogP contribution in [0, 0.1) is 14.9 Å². The van der Waals surface area contributed by atoms with Crippen LogP contribution in [-0.2, 0) is 0 Å². The van der Waals surface area contributed by atoms with Crippen LogP contribution in [0.25, 0.3) is 0 Å². The van der Waals surface area contributed by atoms with Gasteiger partial charge < -0.3 is 5.32 Å².